The van der Waals surface area contributed by atoms with E-state index in [0.29, 0.717) is 5.69 Å². The van der Waals surface area contributed by atoms with E-state index in [-0.39, 0.29) is 0 Å². The van der Waals surface area contributed by atoms with Crippen molar-refractivity contribution in [3.8, 4) is 0 Å². The molecule has 5 nitrogen and oxygen atoms in total. The molecular weight excluding hydrogens is 362 g/mol. The minimum Gasteiger partial charge on any atom is -0.306 e. The SMILES string of the molecule is O=C(/N=C1/NC(=O)C(F)(C(F)(F)F)S1)Nc1ccc2ccccc2c1. The summed E-state index contributed by atoms with van der Waals surface area (Å²) in [6.45, 7) is 0. The lowest BCUT2D eigenvalue weighted by molar-refractivity contribution is -0.195. The van der Waals surface area contributed by atoms with Gasteiger partial charge >= 0.3 is 17.2 Å². The molecular formula is C15H9F4N3O2S. The van der Waals surface area contributed by atoms with Crippen molar-refractivity contribution < 1.29 is 27.2 Å². The van der Waals surface area contributed by atoms with Gasteiger partial charge in [0.1, 0.15) is 0 Å². The van der Waals surface area contributed by atoms with Crippen LogP contribution in [0.25, 0.3) is 10.8 Å². The first kappa shape index (κ1) is 17.2. The van der Waals surface area contributed by atoms with Gasteiger partial charge in [0.25, 0.3) is 5.91 Å². The lowest BCUT2D eigenvalue weighted by Gasteiger charge is -2.17. The van der Waals surface area contributed by atoms with Crippen molar-refractivity contribution in [3.63, 3.8) is 0 Å². The van der Waals surface area contributed by atoms with Gasteiger partial charge in [-0.1, -0.05) is 30.3 Å². The van der Waals surface area contributed by atoms with E-state index in [1.54, 1.807) is 29.6 Å². The Hall–Kier alpha value is -2.62. The molecule has 3 rings (SSSR count). The van der Waals surface area contributed by atoms with Gasteiger partial charge in [-0.25, -0.2) is 9.18 Å². The number of thioether (sulfide) groups is 1. The summed E-state index contributed by atoms with van der Waals surface area (Å²) in [6, 6.07) is 11.2. The Balaban J connectivity index is 1.75. The zero-order valence-electron chi connectivity index (χ0n) is 12.2. The Morgan fingerprint density at radius 3 is 2.48 bits per heavy atom. The smallest absolute Gasteiger partial charge is 0.306 e. The molecule has 1 aliphatic heterocycles. The number of nitrogens with zero attached hydrogens (tertiary/aromatic N) is 1. The van der Waals surface area contributed by atoms with Crippen molar-refractivity contribution >= 4 is 45.3 Å². The molecule has 2 aromatic rings. The highest BCUT2D eigenvalue weighted by Gasteiger charge is 2.67. The summed E-state index contributed by atoms with van der Waals surface area (Å²) in [7, 11) is 0. The number of amidine groups is 1. The predicted octanol–water partition coefficient (Wildman–Crippen LogP) is 3.82. The predicted molar refractivity (Wildman–Crippen MR) is 86.0 cm³/mol. The van der Waals surface area contributed by atoms with E-state index in [0.717, 1.165) is 10.8 Å². The molecule has 0 radical (unpaired) electrons. The number of rotatable bonds is 1. The number of alkyl halides is 4. The number of aliphatic imine (C=N–C) groups is 1. The first-order chi connectivity index (χ1) is 11.7. The number of nitrogens with one attached hydrogen (secondary N) is 2. The number of carbonyl (C=O) groups excluding carboxylic acids is 2. The summed E-state index contributed by atoms with van der Waals surface area (Å²) < 4.78 is 51.5. The standard InChI is InChI=1S/C15H9F4N3O2S/c16-14(15(17,18)19)11(23)21-13(25-14)22-12(24)20-10-6-5-8-3-1-2-4-9(8)7-10/h1-7H,(H2,20,21,22,23,24). The van der Waals surface area contributed by atoms with Crippen molar-refractivity contribution in [3.05, 3.63) is 42.5 Å². The largest absolute Gasteiger partial charge is 0.442 e. The number of carbonyl (C=O) groups is 2. The Bertz CT molecular complexity index is 900. The molecule has 1 fully saturated rings. The third kappa shape index (κ3) is 3.29. The van der Waals surface area contributed by atoms with E-state index in [9.17, 15) is 27.2 Å². The quantitative estimate of drug-likeness (QED) is 0.749. The summed E-state index contributed by atoms with van der Waals surface area (Å²) in [4.78, 5) is 26.3. The van der Waals surface area contributed by atoms with Crippen LogP contribution in [0.5, 0.6) is 0 Å². The highest BCUT2D eigenvalue weighted by atomic mass is 32.2. The normalized spacial score (nSPS) is 22.2. The number of amides is 3. The Kier molecular flexibility index (Phi) is 4.15. The topological polar surface area (TPSA) is 70.6 Å². The Labute approximate surface area is 142 Å². The van der Waals surface area contributed by atoms with Crippen molar-refractivity contribution in [1.82, 2.24) is 5.32 Å². The highest BCUT2D eigenvalue weighted by Crippen LogP contribution is 2.46. The maximum atomic E-state index is 13.7. The number of benzene rings is 2. The second kappa shape index (κ2) is 6.03. The molecule has 1 aliphatic rings. The summed E-state index contributed by atoms with van der Waals surface area (Å²) in [5.74, 6) is -1.91. The average molecular weight is 371 g/mol. The number of anilines is 1. The second-order valence-corrected chi connectivity index (χ2v) is 6.21. The van der Waals surface area contributed by atoms with E-state index in [2.05, 4.69) is 10.3 Å². The monoisotopic (exact) mass is 371 g/mol. The molecule has 1 atom stereocenters. The van der Waals surface area contributed by atoms with Crippen molar-refractivity contribution in [2.45, 2.75) is 11.2 Å². The van der Waals surface area contributed by atoms with Crippen molar-refractivity contribution in [2.75, 3.05) is 5.32 Å². The highest BCUT2D eigenvalue weighted by molar-refractivity contribution is 8.16. The third-order valence-corrected chi connectivity index (χ3v) is 4.40. The summed E-state index contributed by atoms with van der Waals surface area (Å²) >= 11 is -0.494. The van der Waals surface area contributed by atoms with E-state index in [1.807, 2.05) is 18.2 Å². The van der Waals surface area contributed by atoms with E-state index >= 15 is 0 Å². The van der Waals surface area contributed by atoms with Gasteiger partial charge in [0.05, 0.1) is 0 Å². The number of urea groups is 1. The molecule has 2 N–H and O–H groups in total. The number of hydrogen-bond acceptors (Lipinski definition) is 3. The molecule has 0 aromatic heterocycles. The van der Waals surface area contributed by atoms with Gasteiger partial charge < -0.3 is 10.6 Å². The van der Waals surface area contributed by atoms with Crippen LogP contribution in [0.2, 0.25) is 0 Å². The van der Waals surface area contributed by atoms with Crippen molar-refractivity contribution in [2.24, 2.45) is 4.99 Å². The fourth-order valence-corrected chi connectivity index (χ4v) is 2.93. The van der Waals surface area contributed by atoms with Crippen LogP contribution in [0.1, 0.15) is 0 Å². The van der Waals surface area contributed by atoms with Crippen LogP contribution in [0.4, 0.5) is 28.0 Å². The third-order valence-electron chi connectivity index (χ3n) is 3.32. The van der Waals surface area contributed by atoms with Crippen molar-refractivity contribution in [1.29, 1.82) is 0 Å². The molecule has 2 aromatic carbocycles. The van der Waals surface area contributed by atoms with Crippen LogP contribution < -0.4 is 10.6 Å². The summed E-state index contributed by atoms with van der Waals surface area (Å²) in [6.07, 6.45) is -5.42. The van der Waals surface area contributed by atoms with Crippen LogP contribution in [-0.2, 0) is 4.79 Å². The zero-order valence-corrected chi connectivity index (χ0v) is 13.0. The first-order valence-corrected chi connectivity index (χ1v) is 7.65. The summed E-state index contributed by atoms with van der Waals surface area (Å²) in [5, 5.41) is 0.802. The van der Waals surface area contributed by atoms with Crippen LogP contribution in [0.15, 0.2) is 47.5 Å². The van der Waals surface area contributed by atoms with Crippen LogP contribution in [0.3, 0.4) is 0 Å². The van der Waals surface area contributed by atoms with Gasteiger partial charge in [0.15, 0.2) is 5.17 Å². The molecule has 0 spiro atoms. The fourth-order valence-electron chi connectivity index (χ4n) is 2.13. The first-order valence-electron chi connectivity index (χ1n) is 6.84. The van der Waals surface area contributed by atoms with E-state index in [4.69, 9.17) is 0 Å². The second-order valence-electron chi connectivity index (χ2n) is 5.06. The fraction of sp³-hybridized carbons (Fsp3) is 0.133. The molecule has 0 aliphatic carbocycles. The number of fused-ring (bicyclic) bond motifs is 1. The van der Waals surface area contributed by atoms with Gasteiger partial charge in [0, 0.05) is 5.69 Å². The molecule has 0 saturated carbocycles. The van der Waals surface area contributed by atoms with Gasteiger partial charge in [-0.3, -0.25) is 4.79 Å². The minimum atomic E-state index is -5.42. The molecule has 1 saturated heterocycles. The summed E-state index contributed by atoms with van der Waals surface area (Å²) in [5.41, 5.74) is 0.352. The maximum absolute atomic E-state index is 13.7. The van der Waals surface area contributed by atoms with Gasteiger partial charge in [-0.05, 0) is 34.7 Å². The molecule has 1 heterocycles. The van der Waals surface area contributed by atoms with Crippen LogP contribution >= 0.6 is 11.8 Å². The number of hydrogen-bond donors (Lipinski definition) is 2. The minimum absolute atomic E-state index is 0.352. The van der Waals surface area contributed by atoms with Gasteiger partial charge in [-0.2, -0.15) is 18.2 Å². The van der Waals surface area contributed by atoms with Crippen LogP contribution in [0, 0.1) is 0 Å². The molecule has 130 valence electrons. The average Bonchev–Trinajstić information content (AvgIpc) is 2.82. The van der Waals surface area contributed by atoms with Crippen LogP contribution in [-0.4, -0.2) is 28.3 Å². The van der Waals surface area contributed by atoms with E-state index < -0.39 is 40.0 Å². The molecule has 3 amide bonds. The molecule has 10 heteroatoms. The molecule has 0 bridgehead atoms. The lowest BCUT2D eigenvalue weighted by Crippen LogP contribution is -2.45. The van der Waals surface area contributed by atoms with Gasteiger partial charge in [0.2, 0.25) is 0 Å². The number of halogens is 4. The molecule has 25 heavy (non-hydrogen) atoms. The Morgan fingerprint density at radius 1 is 1.16 bits per heavy atom. The van der Waals surface area contributed by atoms with E-state index in [1.165, 1.54) is 0 Å². The Morgan fingerprint density at radius 2 is 1.84 bits per heavy atom. The zero-order chi connectivity index (χ0) is 18.2. The van der Waals surface area contributed by atoms with Gasteiger partial charge in [-0.15, -0.1) is 0 Å². The maximum Gasteiger partial charge on any atom is 0.442 e. The lowest BCUT2D eigenvalue weighted by atomic mass is 10.1. The molecule has 1 unspecified atom stereocenters.